The highest BCUT2D eigenvalue weighted by Gasteiger charge is 2.25. The Hall–Kier alpha value is -1.70. The average molecular weight is 285 g/mol. The van der Waals surface area contributed by atoms with Gasteiger partial charge in [-0.15, -0.1) is 0 Å². The Morgan fingerprint density at radius 3 is 3.00 bits per heavy atom. The molecular weight excluding hydrogens is 270 g/mol. The molecule has 1 aromatic heterocycles. The van der Waals surface area contributed by atoms with Gasteiger partial charge in [0.15, 0.2) is 9.84 Å². The lowest BCUT2D eigenvalue weighted by molar-refractivity contribution is 0.0587. The van der Waals surface area contributed by atoms with Gasteiger partial charge in [-0.1, -0.05) is 0 Å². The number of anilines is 1. The lowest BCUT2D eigenvalue weighted by Gasteiger charge is -2.23. The third-order valence-electron chi connectivity index (χ3n) is 2.84. The first-order valence-corrected chi connectivity index (χ1v) is 7.70. The summed E-state index contributed by atoms with van der Waals surface area (Å²) in [5.74, 6) is 0.0796. The van der Waals surface area contributed by atoms with Crippen molar-refractivity contribution < 1.29 is 17.9 Å². The van der Waals surface area contributed by atoms with Gasteiger partial charge in [-0.3, -0.25) is 0 Å². The molecule has 104 valence electrons. The summed E-state index contributed by atoms with van der Waals surface area (Å²) in [6.45, 7) is 0. The van der Waals surface area contributed by atoms with E-state index in [2.05, 4.69) is 20.0 Å². The SMILES string of the molecule is COC(=O)c1nccc(NC2CCCS(=O)(=O)C2)n1. The van der Waals surface area contributed by atoms with Gasteiger partial charge in [0.25, 0.3) is 0 Å². The molecule has 0 spiro atoms. The van der Waals surface area contributed by atoms with Gasteiger partial charge >= 0.3 is 5.97 Å². The second kappa shape index (κ2) is 5.52. The fraction of sp³-hybridized carbons (Fsp3) is 0.545. The minimum absolute atomic E-state index is 0.0498. The Kier molecular flexibility index (Phi) is 3.98. The summed E-state index contributed by atoms with van der Waals surface area (Å²) in [5.41, 5.74) is 0. The molecule has 1 atom stereocenters. The van der Waals surface area contributed by atoms with Crippen LogP contribution in [0.5, 0.6) is 0 Å². The quantitative estimate of drug-likeness (QED) is 0.795. The molecule has 0 aliphatic carbocycles. The van der Waals surface area contributed by atoms with E-state index in [0.29, 0.717) is 12.2 Å². The van der Waals surface area contributed by atoms with Gasteiger partial charge in [0.1, 0.15) is 5.82 Å². The van der Waals surface area contributed by atoms with Gasteiger partial charge in [0.2, 0.25) is 5.82 Å². The van der Waals surface area contributed by atoms with Crippen molar-refractivity contribution in [3.63, 3.8) is 0 Å². The van der Waals surface area contributed by atoms with E-state index < -0.39 is 15.8 Å². The van der Waals surface area contributed by atoms with Gasteiger partial charge in [0.05, 0.1) is 18.6 Å². The highest BCUT2D eigenvalue weighted by atomic mass is 32.2. The van der Waals surface area contributed by atoms with E-state index in [1.54, 1.807) is 6.07 Å². The van der Waals surface area contributed by atoms with Crippen LogP contribution in [0.4, 0.5) is 5.82 Å². The summed E-state index contributed by atoms with van der Waals surface area (Å²) >= 11 is 0. The van der Waals surface area contributed by atoms with Gasteiger partial charge in [0, 0.05) is 12.2 Å². The van der Waals surface area contributed by atoms with Crippen LogP contribution in [0.2, 0.25) is 0 Å². The van der Waals surface area contributed by atoms with Crippen LogP contribution in [0.3, 0.4) is 0 Å². The average Bonchev–Trinajstić information content (AvgIpc) is 2.37. The van der Waals surface area contributed by atoms with Crippen LogP contribution >= 0.6 is 0 Å². The molecule has 0 radical (unpaired) electrons. The molecule has 1 fully saturated rings. The Bertz CT molecular complexity index is 573. The van der Waals surface area contributed by atoms with Crippen molar-refractivity contribution in [1.82, 2.24) is 9.97 Å². The van der Waals surface area contributed by atoms with Crippen LogP contribution in [0.1, 0.15) is 23.5 Å². The summed E-state index contributed by atoms with van der Waals surface area (Å²) < 4.78 is 27.6. The monoisotopic (exact) mass is 285 g/mol. The second-order valence-electron chi connectivity index (χ2n) is 4.35. The number of rotatable bonds is 3. The van der Waals surface area contributed by atoms with Crippen molar-refractivity contribution in [2.24, 2.45) is 0 Å². The molecule has 1 unspecified atom stereocenters. The van der Waals surface area contributed by atoms with Gasteiger partial charge in [-0.25, -0.2) is 23.2 Å². The maximum absolute atomic E-state index is 11.5. The highest BCUT2D eigenvalue weighted by molar-refractivity contribution is 7.91. The van der Waals surface area contributed by atoms with Gasteiger partial charge in [-0.2, -0.15) is 0 Å². The number of ether oxygens (including phenoxy) is 1. The van der Waals surface area contributed by atoms with Crippen molar-refractivity contribution in [2.45, 2.75) is 18.9 Å². The normalized spacial score (nSPS) is 21.6. The topological polar surface area (TPSA) is 98.2 Å². The zero-order chi connectivity index (χ0) is 13.9. The minimum Gasteiger partial charge on any atom is -0.463 e. The van der Waals surface area contributed by atoms with Crippen LogP contribution in [-0.2, 0) is 14.6 Å². The molecule has 1 aliphatic heterocycles. The molecular formula is C11H15N3O4S. The van der Waals surface area contributed by atoms with E-state index in [-0.39, 0.29) is 23.4 Å². The van der Waals surface area contributed by atoms with E-state index in [1.165, 1.54) is 13.3 Å². The predicted octanol–water partition coefficient (Wildman–Crippen LogP) is 0.252. The number of carbonyl (C=O) groups excluding carboxylic acids is 1. The Balaban J connectivity index is 2.09. The third kappa shape index (κ3) is 3.63. The number of nitrogens with zero attached hydrogens (tertiary/aromatic N) is 2. The zero-order valence-corrected chi connectivity index (χ0v) is 11.3. The van der Waals surface area contributed by atoms with Crippen LogP contribution in [-0.4, -0.2) is 49.0 Å². The van der Waals surface area contributed by atoms with Gasteiger partial charge < -0.3 is 10.1 Å². The largest absolute Gasteiger partial charge is 0.463 e. The Labute approximate surface area is 111 Å². The smallest absolute Gasteiger partial charge is 0.376 e. The first-order valence-electron chi connectivity index (χ1n) is 5.88. The lowest BCUT2D eigenvalue weighted by atomic mass is 10.2. The van der Waals surface area contributed by atoms with Crippen LogP contribution in [0, 0.1) is 0 Å². The minimum atomic E-state index is -2.98. The summed E-state index contributed by atoms with van der Waals surface area (Å²) in [6, 6.07) is 1.41. The molecule has 0 saturated carbocycles. The molecule has 8 heteroatoms. The Morgan fingerprint density at radius 1 is 1.53 bits per heavy atom. The lowest BCUT2D eigenvalue weighted by Crippen LogP contribution is -2.35. The number of carbonyl (C=O) groups is 1. The van der Waals surface area contributed by atoms with E-state index in [9.17, 15) is 13.2 Å². The molecule has 2 heterocycles. The number of methoxy groups -OCH3 is 1. The molecule has 0 aromatic carbocycles. The number of esters is 1. The number of hydrogen-bond acceptors (Lipinski definition) is 7. The van der Waals surface area contributed by atoms with Crippen LogP contribution in [0.15, 0.2) is 12.3 Å². The van der Waals surface area contributed by atoms with Gasteiger partial charge in [-0.05, 0) is 18.9 Å². The highest BCUT2D eigenvalue weighted by Crippen LogP contribution is 2.16. The van der Waals surface area contributed by atoms with E-state index in [0.717, 1.165) is 6.42 Å². The zero-order valence-electron chi connectivity index (χ0n) is 10.5. The van der Waals surface area contributed by atoms with Crippen molar-refractivity contribution in [3.8, 4) is 0 Å². The summed E-state index contributed by atoms with van der Waals surface area (Å²) in [5, 5.41) is 3.02. The summed E-state index contributed by atoms with van der Waals surface area (Å²) in [6.07, 6.45) is 2.82. The molecule has 19 heavy (non-hydrogen) atoms. The maximum Gasteiger partial charge on any atom is 0.376 e. The van der Waals surface area contributed by atoms with Crippen LogP contribution < -0.4 is 5.32 Å². The number of sulfone groups is 1. The molecule has 2 rings (SSSR count). The number of hydrogen-bond donors (Lipinski definition) is 1. The molecule has 0 bridgehead atoms. The molecule has 1 aromatic rings. The Morgan fingerprint density at radius 2 is 2.32 bits per heavy atom. The summed E-state index contributed by atoms with van der Waals surface area (Å²) in [4.78, 5) is 19.1. The fourth-order valence-corrected chi connectivity index (χ4v) is 3.61. The number of nitrogens with one attached hydrogen (secondary N) is 1. The van der Waals surface area contributed by atoms with Crippen molar-refractivity contribution in [2.75, 3.05) is 23.9 Å². The van der Waals surface area contributed by atoms with E-state index >= 15 is 0 Å². The fourth-order valence-electron chi connectivity index (χ4n) is 1.97. The second-order valence-corrected chi connectivity index (χ2v) is 6.58. The third-order valence-corrected chi connectivity index (χ3v) is 4.66. The van der Waals surface area contributed by atoms with E-state index in [1.807, 2.05) is 0 Å². The molecule has 1 aliphatic rings. The first kappa shape index (κ1) is 13.7. The predicted molar refractivity (Wildman–Crippen MR) is 68.7 cm³/mol. The molecule has 7 nitrogen and oxygen atoms in total. The van der Waals surface area contributed by atoms with Crippen molar-refractivity contribution in [1.29, 1.82) is 0 Å². The van der Waals surface area contributed by atoms with Crippen molar-refractivity contribution >= 4 is 21.6 Å². The maximum atomic E-state index is 11.5. The van der Waals surface area contributed by atoms with E-state index in [4.69, 9.17) is 0 Å². The standard InChI is InChI=1S/C11H15N3O4S/c1-18-11(15)10-12-5-4-9(14-10)13-8-3-2-6-19(16,17)7-8/h4-5,8H,2-3,6-7H2,1H3,(H,12,13,14). The van der Waals surface area contributed by atoms with Crippen LogP contribution in [0.25, 0.3) is 0 Å². The summed E-state index contributed by atoms with van der Waals surface area (Å²) in [7, 11) is -1.73. The first-order chi connectivity index (χ1) is 9.00. The van der Waals surface area contributed by atoms with Crippen molar-refractivity contribution in [3.05, 3.63) is 18.1 Å². The molecule has 1 N–H and O–H groups in total. The number of aromatic nitrogens is 2. The molecule has 1 saturated heterocycles. The molecule has 0 amide bonds.